The SMILES string of the molecule is CCc1cc(OCC=C(Cl)Cl)cc(C)c1OCCCCCOC(C)=NOCC=C(Cl)Cl. The Morgan fingerprint density at radius 1 is 0.935 bits per heavy atom. The summed E-state index contributed by atoms with van der Waals surface area (Å²) in [7, 11) is 0. The summed E-state index contributed by atoms with van der Waals surface area (Å²) in [5.74, 6) is 2.15. The lowest BCUT2D eigenvalue weighted by Gasteiger charge is -2.15. The molecule has 0 aliphatic heterocycles. The third-order valence-electron chi connectivity index (χ3n) is 4.04. The standard InChI is InChI=1S/C22H29Cl4NO4/c1-4-18-15-19(29-12-8-20(23)24)14-16(2)22(18)30-11-7-5-6-10-28-17(3)27-31-13-9-21(25)26/h8-9,14-15H,4-7,10-13H2,1-3H3. The van der Waals surface area contributed by atoms with Gasteiger partial charge in [0.05, 0.1) is 13.2 Å². The minimum atomic E-state index is 0.145. The van der Waals surface area contributed by atoms with Crippen LogP contribution in [0.4, 0.5) is 0 Å². The zero-order chi connectivity index (χ0) is 23.1. The van der Waals surface area contributed by atoms with Crippen molar-refractivity contribution in [3.8, 4) is 11.5 Å². The number of unbranched alkanes of at least 4 members (excludes halogenated alkanes) is 2. The molecule has 0 bridgehead atoms. The van der Waals surface area contributed by atoms with Crippen molar-refractivity contribution >= 4 is 52.3 Å². The maximum absolute atomic E-state index is 6.05. The van der Waals surface area contributed by atoms with E-state index in [0.29, 0.717) is 25.7 Å². The second-order valence-electron chi connectivity index (χ2n) is 6.54. The van der Waals surface area contributed by atoms with E-state index in [9.17, 15) is 0 Å². The van der Waals surface area contributed by atoms with Crippen molar-refractivity contribution in [2.75, 3.05) is 26.4 Å². The maximum atomic E-state index is 6.05. The average molecular weight is 513 g/mol. The molecule has 5 nitrogen and oxygen atoms in total. The van der Waals surface area contributed by atoms with E-state index in [1.54, 1.807) is 13.0 Å². The molecule has 1 rings (SSSR count). The second-order valence-corrected chi connectivity index (χ2v) is 8.56. The highest BCUT2D eigenvalue weighted by Gasteiger charge is 2.09. The first-order chi connectivity index (χ1) is 14.8. The highest BCUT2D eigenvalue weighted by Crippen LogP contribution is 2.30. The molecule has 0 spiro atoms. The van der Waals surface area contributed by atoms with Gasteiger partial charge in [-0.25, -0.2) is 0 Å². The van der Waals surface area contributed by atoms with Crippen LogP contribution in [0.5, 0.6) is 11.5 Å². The van der Waals surface area contributed by atoms with Crippen molar-refractivity contribution in [3.63, 3.8) is 0 Å². The monoisotopic (exact) mass is 511 g/mol. The van der Waals surface area contributed by atoms with Gasteiger partial charge in [-0.1, -0.05) is 58.5 Å². The number of ether oxygens (including phenoxy) is 3. The largest absolute Gasteiger partial charge is 0.493 e. The van der Waals surface area contributed by atoms with Gasteiger partial charge >= 0.3 is 0 Å². The molecule has 1 aromatic carbocycles. The molecule has 9 heteroatoms. The molecule has 0 atom stereocenters. The smallest absolute Gasteiger partial charge is 0.222 e. The number of oxime groups is 1. The summed E-state index contributed by atoms with van der Waals surface area (Å²) < 4.78 is 17.6. The number of rotatable bonds is 14. The Labute approximate surface area is 204 Å². The fourth-order valence-electron chi connectivity index (χ4n) is 2.59. The molecule has 0 saturated carbocycles. The van der Waals surface area contributed by atoms with Gasteiger partial charge in [-0.3, -0.25) is 0 Å². The molecule has 0 N–H and O–H groups in total. The summed E-state index contributed by atoms with van der Waals surface area (Å²) in [4.78, 5) is 5.00. The molecule has 0 unspecified atom stereocenters. The number of hydrogen-bond donors (Lipinski definition) is 0. The van der Waals surface area contributed by atoms with E-state index in [1.807, 2.05) is 19.1 Å². The van der Waals surface area contributed by atoms with E-state index in [0.717, 1.165) is 48.3 Å². The first-order valence-corrected chi connectivity index (χ1v) is 11.6. The van der Waals surface area contributed by atoms with Crippen molar-refractivity contribution in [2.45, 2.75) is 46.5 Å². The first kappa shape index (κ1) is 27.8. The molecule has 0 radical (unpaired) electrons. The van der Waals surface area contributed by atoms with Gasteiger partial charge in [0, 0.05) is 6.92 Å². The van der Waals surface area contributed by atoms with Gasteiger partial charge in [0.2, 0.25) is 5.90 Å². The van der Waals surface area contributed by atoms with Crippen molar-refractivity contribution in [2.24, 2.45) is 5.16 Å². The molecule has 0 aromatic heterocycles. The number of hydrogen-bond acceptors (Lipinski definition) is 5. The fraction of sp³-hybridized carbons (Fsp3) is 0.500. The normalized spacial score (nSPS) is 11.0. The fourth-order valence-corrected chi connectivity index (χ4v) is 2.85. The van der Waals surface area contributed by atoms with Crippen molar-refractivity contribution in [1.29, 1.82) is 0 Å². The number of benzene rings is 1. The molecular formula is C22H29Cl4NO4. The highest BCUT2D eigenvalue weighted by atomic mass is 35.5. The summed E-state index contributed by atoms with van der Waals surface area (Å²) in [6.07, 6.45) is 6.75. The Kier molecular flexibility index (Phi) is 14.7. The van der Waals surface area contributed by atoms with Gasteiger partial charge in [0.1, 0.15) is 33.7 Å². The van der Waals surface area contributed by atoms with Gasteiger partial charge in [-0.05, 0) is 68.0 Å². The van der Waals surface area contributed by atoms with Gasteiger partial charge < -0.3 is 19.0 Å². The Hall–Kier alpha value is -1.27. The van der Waals surface area contributed by atoms with Crippen LogP contribution in [0.3, 0.4) is 0 Å². The molecule has 0 fully saturated rings. The van der Waals surface area contributed by atoms with Crippen LogP contribution in [0.15, 0.2) is 38.4 Å². The quantitative estimate of drug-likeness (QED) is 0.112. The topological polar surface area (TPSA) is 49.3 Å². The van der Waals surface area contributed by atoms with E-state index in [2.05, 4.69) is 12.1 Å². The van der Waals surface area contributed by atoms with E-state index >= 15 is 0 Å². The van der Waals surface area contributed by atoms with E-state index in [4.69, 9.17) is 65.5 Å². The van der Waals surface area contributed by atoms with Crippen LogP contribution >= 0.6 is 46.4 Å². The minimum Gasteiger partial charge on any atom is -0.493 e. The Morgan fingerprint density at radius 3 is 2.29 bits per heavy atom. The first-order valence-electron chi connectivity index (χ1n) is 10.0. The minimum absolute atomic E-state index is 0.145. The molecule has 1 aromatic rings. The number of halogens is 4. The second kappa shape index (κ2) is 16.4. The lowest BCUT2D eigenvalue weighted by molar-refractivity contribution is 0.157. The average Bonchev–Trinajstić information content (AvgIpc) is 2.71. The van der Waals surface area contributed by atoms with Crippen molar-refractivity contribution in [1.82, 2.24) is 0 Å². The van der Waals surface area contributed by atoms with Crippen LogP contribution in [0.2, 0.25) is 0 Å². The molecular weight excluding hydrogens is 484 g/mol. The Morgan fingerprint density at radius 2 is 1.61 bits per heavy atom. The summed E-state index contributed by atoms with van der Waals surface area (Å²) in [6, 6.07) is 3.95. The predicted octanol–water partition coefficient (Wildman–Crippen LogP) is 7.49. The van der Waals surface area contributed by atoms with Crippen LogP contribution in [0.25, 0.3) is 0 Å². The van der Waals surface area contributed by atoms with E-state index < -0.39 is 0 Å². The lowest BCUT2D eigenvalue weighted by atomic mass is 10.1. The zero-order valence-corrected chi connectivity index (χ0v) is 21.1. The molecule has 174 valence electrons. The van der Waals surface area contributed by atoms with Gasteiger partial charge in [-0.15, -0.1) is 0 Å². The Balaban J connectivity index is 2.33. The predicted molar refractivity (Wildman–Crippen MR) is 130 cm³/mol. The molecule has 31 heavy (non-hydrogen) atoms. The summed E-state index contributed by atoms with van der Waals surface area (Å²) in [5.41, 5.74) is 2.15. The van der Waals surface area contributed by atoms with Gasteiger partial charge in [-0.2, -0.15) is 0 Å². The zero-order valence-electron chi connectivity index (χ0n) is 18.1. The van der Waals surface area contributed by atoms with Crippen molar-refractivity contribution in [3.05, 3.63) is 44.4 Å². The summed E-state index contributed by atoms with van der Waals surface area (Å²) in [5, 5.41) is 3.81. The third kappa shape index (κ3) is 13.0. The number of nitrogens with zero attached hydrogens (tertiary/aromatic N) is 1. The van der Waals surface area contributed by atoms with E-state index in [-0.39, 0.29) is 15.6 Å². The van der Waals surface area contributed by atoms with Crippen molar-refractivity contribution < 1.29 is 19.0 Å². The van der Waals surface area contributed by atoms with Gasteiger partial charge in [0.15, 0.2) is 0 Å². The molecule has 0 heterocycles. The van der Waals surface area contributed by atoms with Crippen LogP contribution in [-0.2, 0) is 16.0 Å². The third-order valence-corrected chi connectivity index (χ3v) is 4.66. The number of aryl methyl sites for hydroxylation is 2. The molecule has 0 saturated heterocycles. The van der Waals surface area contributed by atoms with Crippen LogP contribution in [-0.4, -0.2) is 32.3 Å². The Bertz CT molecular complexity index is 758. The molecule has 0 aliphatic rings. The van der Waals surface area contributed by atoms with Crippen LogP contribution in [0.1, 0.15) is 44.2 Å². The summed E-state index contributed by atoms with van der Waals surface area (Å²) >= 11 is 22.2. The molecule has 0 aliphatic carbocycles. The summed E-state index contributed by atoms with van der Waals surface area (Å²) in [6.45, 7) is 7.57. The van der Waals surface area contributed by atoms with Crippen LogP contribution in [0, 0.1) is 6.92 Å². The van der Waals surface area contributed by atoms with E-state index in [1.165, 1.54) is 6.08 Å². The maximum Gasteiger partial charge on any atom is 0.222 e. The van der Waals surface area contributed by atoms with Gasteiger partial charge in [0.25, 0.3) is 0 Å². The van der Waals surface area contributed by atoms with Crippen LogP contribution < -0.4 is 9.47 Å². The lowest BCUT2D eigenvalue weighted by Crippen LogP contribution is -2.05. The highest BCUT2D eigenvalue weighted by molar-refractivity contribution is 6.56. The molecule has 0 amide bonds.